The second kappa shape index (κ2) is 6.19. The van der Waals surface area contributed by atoms with E-state index in [1.807, 2.05) is 18.4 Å². The first kappa shape index (κ1) is 14.1. The monoisotopic (exact) mass is 281 g/mol. The molecule has 1 aliphatic carbocycles. The Bertz CT molecular complexity index is 444. The molecule has 19 heavy (non-hydrogen) atoms. The largest absolute Gasteiger partial charge is 0.481 e. The molecule has 1 saturated carbocycles. The van der Waals surface area contributed by atoms with Crippen molar-refractivity contribution in [3.8, 4) is 0 Å². The Kier molecular flexibility index (Phi) is 4.58. The quantitative estimate of drug-likeness (QED) is 0.869. The van der Waals surface area contributed by atoms with Crippen molar-refractivity contribution >= 4 is 23.2 Å². The number of thiophene rings is 1. The minimum atomic E-state index is -0.845. The molecule has 0 spiro atoms. The molecule has 1 fully saturated rings. The molecule has 0 aliphatic heterocycles. The van der Waals surface area contributed by atoms with E-state index in [4.69, 9.17) is 5.11 Å². The molecule has 104 valence electrons. The Morgan fingerprint density at radius 1 is 1.42 bits per heavy atom. The van der Waals surface area contributed by atoms with E-state index in [0.717, 1.165) is 6.42 Å². The molecule has 2 rings (SSSR count). The van der Waals surface area contributed by atoms with Crippen LogP contribution in [0.1, 0.15) is 25.3 Å². The van der Waals surface area contributed by atoms with Gasteiger partial charge in [0.2, 0.25) is 5.91 Å². The average Bonchev–Trinajstić information content (AvgIpc) is 2.98. The summed E-state index contributed by atoms with van der Waals surface area (Å²) in [4.78, 5) is 23.2. The molecule has 0 saturated heterocycles. The number of carbonyl (C=O) groups excluding carboxylic acids is 1. The van der Waals surface area contributed by atoms with Crippen LogP contribution in [-0.2, 0) is 16.0 Å². The van der Waals surface area contributed by atoms with Crippen LogP contribution < -0.4 is 5.32 Å². The number of carbonyl (C=O) groups is 2. The molecule has 5 heteroatoms. The van der Waals surface area contributed by atoms with Crippen LogP contribution in [0.5, 0.6) is 0 Å². The van der Waals surface area contributed by atoms with Crippen molar-refractivity contribution < 1.29 is 14.7 Å². The molecule has 4 nitrogen and oxygen atoms in total. The normalized spacial score (nSPS) is 26.3. The third-order valence-corrected chi connectivity index (χ3v) is 4.48. The summed E-state index contributed by atoms with van der Waals surface area (Å²) in [5, 5.41) is 16.1. The van der Waals surface area contributed by atoms with E-state index < -0.39 is 11.9 Å². The maximum absolute atomic E-state index is 12.1. The summed E-state index contributed by atoms with van der Waals surface area (Å²) in [7, 11) is 0. The molecule has 1 amide bonds. The van der Waals surface area contributed by atoms with Gasteiger partial charge in [-0.15, -0.1) is 0 Å². The molecular formula is C14H19NO3S. The van der Waals surface area contributed by atoms with E-state index >= 15 is 0 Å². The summed E-state index contributed by atoms with van der Waals surface area (Å²) in [6, 6.07) is 2.04. The fourth-order valence-electron chi connectivity index (χ4n) is 2.75. The fourth-order valence-corrected chi connectivity index (χ4v) is 3.45. The Hall–Kier alpha value is -1.36. The van der Waals surface area contributed by atoms with Gasteiger partial charge in [0.25, 0.3) is 0 Å². The average molecular weight is 281 g/mol. The maximum atomic E-state index is 12.1. The highest BCUT2D eigenvalue weighted by atomic mass is 32.1. The van der Waals surface area contributed by atoms with Gasteiger partial charge in [-0.3, -0.25) is 9.59 Å². The van der Waals surface area contributed by atoms with Crippen LogP contribution in [-0.4, -0.2) is 23.5 Å². The smallest absolute Gasteiger partial charge is 0.307 e. The Balaban J connectivity index is 1.83. The molecule has 1 aromatic rings. The van der Waals surface area contributed by atoms with Gasteiger partial charge >= 0.3 is 5.97 Å². The third kappa shape index (κ3) is 3.56. The SMILES string of the molecule is CC1C[C@H](C(=O)NCCc2ccsc2)[C@H](C(=O)O)C1. The number of aliphatic carboxylic acids is 1. The van der Waals surface area contributed by atoms with Crippen molar-refractivity contribution in [1.82, 2.24) is 5.32 Å². The summed E-state index contributed by atoms with van der Waals surface area (Å²) < 4.78 is 0. The molecule has 0 aromatic carbocycles. The predicted octanol–water partition coefficient (Wildman–Crippen LogP) is 2.15. The lowest BCUT2D eigenvalue weighted by atomic mass is 9.95. The number of hydrogen-bond acceptors (Lipinski definition) is 3. The standard InChI is InChI=1S/C14H19NO3S/c1-9-6-11(12(7-9)14(17)18)13(16)15-4-2-10-3-5-19-8-10/h3,5,8-9,11-12H,2,4,6-7H2,1H3,(H,15,16)(H,17,18)/t9?,11-,12+/m0/s1. The van der Waals surface area contributed by atoms with Crippen LogP contribution in [0.15, 0.2) is 16.8 Å². The topological polar surface area (TPSA) is 66.4 Å². The van der Waals surface area contributed by atoms with Crippen LogP contribution in [0.25, 0.3) is 0 Å². The van der Waals surface area contributed by atoms with E-state index in [1.54, 1.807) is 11.3 Å². The Morgan fingerprint density at radius 2 is 2.16 bits per heavy atom. The first-order valence-electron chi connectivity index (χ1n) is 6.59. The molecule has 1 unspecified atom stereocenters. The van der Waals surface area contributed by atoms with E-state index in [2.05, 4.69) is 10.7 Å². The Morgan fingerprint density at radius 3 is 2.79 bits per heavy atom. The van der Waals surface area contributed by atoms with Crippen molar-refractivity contribution in [2.45, 2.75) is 26.2 Å². The summed E-state index contributed by atoms with van der Waals surface area (Å²) in [5.41, 5.74) is 1.21. The third-order valence-electron chi connectivity index (χ3n) is 3.75. The molecular weight excluding hydrogens is 262 g/mol. The maximum Gasteiger partial charge on any atom is 0.307 e. The second-order valence-electron chi connectivity index (χ2n) is 5.30. The van der Waals surface area contributed by atoms with Gasteiger partial charge < -0.3 is 10.4 Å². The second-order valence-corrected chi connectivity index (χ2v) is 6.08. The highest BCUT2D eigenvalue weighted by Crippen LogP contribution is 2.36. The lowest BCUT2D eigenvalue weighted by Crippen LogP contribution is -2.36. The summed E-state index contributed by atoms with van der Waals surface area (Å²) in [6.45, 7) is 2.58. The van der Waals surface area contributed by atoms with Crippen molar-refractivity contribution in [3.05, 3.63) is 22.4 Å². The zero-order chi connectivity index (χ0) is 13.8. The van der Waals surface area contributed by atoms with Crippen molar-refractivity contribution in [3.63, 3.8) is 0 Å². The minimum Gasteiger partial charge on any atom is -0.481 e. The van der Waals surface area contributed by atoms with Crippen LogP contribution in [0.3, 0.4) is 0 Å². The summed E-state index contributed by atoms with van der Waals surface area (Å²) in [6.07, 6.45) is 2.09. The van der Waals surface area contributed by atoms with Gasteiger partial charge in [-0.2, -0.15) is 11.3 Å². The van der Waals surface area contributed by atoms with E-state index in [1.165, 1.54) is 5.56 Å². The fraction of sp³-hybridized carbons (Fsp3) is 0.571. The first-order chi connectivity index (χ1) is 9.08. The molecule has 1 aliphatic rings. The van der Waals surface area contributed by atoms with Crippen molar-refractivity contribution in [2.75, 3.05) is 6.54 Å². The van der Waals surface area contributed by atoms with Gasteiger partial charge in [0.1, 0.15) is 0 Å². The molecule has 2 N–H and O–H groups in total. The Labute approximate surface area is 116 Å². The molecule has 1 heterocycles. The number of carboxylic acid groups (broad SMARTS) is 1. The highest BCUT2D eigenvalue weighted by molar-refractivity contribution is 7.07. The van der Waals surface area contributed by atoms with Gasteiger partial charge in [0.05, 0.1) is 11.8 Å². The summed E-state index contributed by atoms with van der Waals surface area (Å²) in [5.74, 6) is -1.52. The van der Waals surface area contributed by atoms with E-state index in [-0.39, 0.29) is 11.8 Å². The lowest BCUT2D eigenvalue weighted by molar-refractivity contribution is -0.146. The highest BCUT2D eigenvalue weighted by Gasteiger charge is 2.40. The van der Waals surface area contributed by atoms with Gasteiger partial charge in [0.15, 0.2) is 0 Å². The number of amides is 1. The minimum absolute atomic E-state index is 0.105. The molecule has 0 bridgehead atoms. The van der Waals surface area contributed by atoms with E-state index in [0.29, 0.717) is 25.3 Å². The zero-order valence-electron chi connectivity index (χ0n) is 11.0. The van der Waals surface area contributed by atoms with Gasteiger partial charge in [-0.25, -0.2) is 0 Å². The van der Waals surface area contributed by atoms with Gasteiger partial charge in [-0.1, -0.05) is 6.92 Å². The van der Waals surface area contributed by atoms with Gasteiger partial charge in [-0.05, 0) is 47.6 Å². The van der Waals surface area contributed by atoms with Gasteiger partial charge in [0, 0.05) is 6.54 Å². The number of rotatable bonds is 5. The summed E-state index contributed by atoms with van der Waals surface area (Å²) >= 11 is 1.64. The predicted molar refractivity (Wildman–Crippen MR) is 74.0 cm³/mol. The number of nitrogens with one attached hydrogen (secondary N) is 1. The van der Waals surface area contributed by atoms with Crippen LogP contribution >= 0.6 is 11.3 Å². The number of hydrogen-bond donors (Lipinski definition) is 2. The lowest BCUT2D eigenvalue weighted by Gasteiger charge is -2.15. The molecule has 0 radical (unpaired) electrons. The van der Waals surface area contributed by atoms with Crippen LogP contribution in [0.2, 0.25) is 0 Å². The van der Waals surface area contributed by atoms with Crippen LogP contribution in [0, 0.1) is 17.8 Å². The number of carboxylic acids is 1. The van der Waals surface area contributed by atoms with E-state index in [9.17, 15) is 9.59 Å². The zero-order valence-corrected chi connectivity index (χ0v) is 11.8. The first-order valence-corrected chi connectivity index (χ1v) is 7.53. The van der Waals surface area contributed by atoms with Crippen LogP contribution in [0.4, 0.5) is 0 Å². The van der Waals surface area contributed by atoms with Crippen molar-refractivity contribution in [1.29, 1.82) is 0 Å². The van der Waals surface area contributed by atoms with Crippen molar-refractivity contribution in [2.24, 2.45) is 17.8 Å². The molecule has 3 atom stereocenters. The molecule has 1 aromatic heterocycles.